The third-order valence-electron chi connectivity index (χ3n) is 6.79. The molecular weight excluding hydrogens is 431 g/mol. The van der Waals surface area contributed by atoms with Gasteiger partial charge in [0.05, 0.1) is 11.6 Å². The van der Waals surface area contributed by atoms with Crippen LogP contribution in [0.4, 0.5) is 18.9 Å². The van der Waals surface area contributed by atoms with Crippen LogP contribution in [-0.4, -0.2) is 24.9 Å². The summed E-state index contributed by atoms with van der Waals surface area (Å²) in [5, 5.41) is 15.9. The lowest BCUT2D eigenvalue weighted by Crippen LogP contribution is -2.51. The van der Waals surface area contributed by atoms with Gasteiger partial charge in [-0.2, -0.15) is 5.26 Å². The molecule has 1 aliphatic heterocycles. The molecule has 1 heterocycles. The molecule has 2 N–H and O–H groups in total. The average Bonchev–Trinajstić information content (AvgIpc) is 3.26. The Morgan fingerprint density at radius 1 is 1.18 bits per heavy atom. The quantitative estimate of drug-likeness (QED) is 0.614. The lowest BCUT2D eigenvalue weighted by atomic mass is 9.69. The minimum absolute atomic E-state index is 0.133. The van der Waals surface area contributed by atoms with Gasteiger partial charge in [-0.3, -0.25) is 4.79 Å². The summed E-state index contributed by atoms with van der Waals surface area (Å²) >= 11 is 0. The maximum Gasteiger partial charge on any atom is 0.573 e. The number of hydrogen-bond acceptors (Lipinski definition) is 4. The molecule has 0 spiro atoms. The number of carbonyl (C=O) groups is 1. The summed E-state index contributed by atoms with van der Waals surface area (Å²) in [6.07, 6.45) is -1.48. The molecule has 1 saturated carbocycles. The molecule has 5 nitrogen and oxygen atoms in total. The molecule has 1 aliphatic carbocycles. The Morgan fingerprint density at radius 3 is 2.58 bits per heavy atom. The normalized spacial score (nSPS) is 21.9. The van der Waals surface area contributed by atoms with Crippen molar-refractivity contribution in [2.24, 2.45) is 11.3 Å². The Kier molecular flexibility index (Phi) is 6.00. The number of nitriles is 1. The maximum atomic E-state index is 12.6. The number of halogens is 3. The van der Waals surface area contributed by atoms with E-state index in [-0.39, 0.29) is 28.7 Å². The molecule has 3 unspecified atom stereocenters. The predicted molar refractivity (Wildman–Crippen MR) is 118 cm³/mol. The number of carbonyl (C=O) groups excluding carboxylic acids is 1. The van der Waals surface area contributed by atoms with Gasteiger partial charge >= 0.3 is 6.36 Å². The second-order valence-electron chi connectivity index (χ2n) is 9.48. The minimum Gasteiger partial charge on any atom is -0.406 e. The summed E-state index contributed by atoms with van der Waals surface area (Å²) in [5.41, 5.74) is 2.90. The molecule has 2 aromatic carbocycles. The largest absolute Gasteiger partial charge is 0.573 e. The van der Waals surface area contributed by atoms with Crippen molar-refractivity contribution in [3.8, 4) is 11.8 Å². The van der Waals surface area contributed by atoms with Gasteiger partial charge in [0.2, 0.25) is 0 Å². The van der Waals surface area contributed by atoms with Gasteiger partial charge in [0.15, 0.2) is 0 Å². The first-order valence-electron chi connectivity index (χ1n) is 11.0. The Morgan fingerprint density at radius 2 is 1.91 bits per heavy atom. The molecular formula is C25H26F3N3O2. The van der Waals surface area contributed by atoms with Gasteiger partial charge in [-0.05, 0) is 72.7 Å². The molecule has 4 rings (SSSR count). The van der Waals surface area contributed by atoms with Crippen LogP contribution in [-0.2, 0) is 0 Å². The van der Waals surface area contributed by atoms with Gasteiger partial charge < -0.3 is 15.4 Å². The Balaban J connectivity index is 1.45. The van der Waals surface area contributed by atoms with E-state index >= 15 is 0 Å². The topological polar surface area (TPSA) is 74.2 Å². The number of amides is 1. The van der Waals surface area contributed by atoms with Crippen LogP contribution in [0.1, 0.15) is 60.5 Å². The van der Waals surface area contributed by atoms with Crippen LogP contribution in [0.15, 0.2) is 42.5 Å². The van der Waals surface area contributed by atoms with E-state index in [0.29, 0.717) is 23.9 Å². The van der Waals surface area contributed by atoms with Crippen molar-refractivity contribution in [1.29, 1.82) is 5.26 Å². The van der Waals surface area contributed by atoms with E-state index in [4.69, 9.17) is 0 Å². The van der Waals surface area contributed by atoms with Crippen molar-refractivity contribution in [1.82, 2.24) is 5.32 Å². The number of fused-ring (bicyclic) bond motifs is 3. The molecule has 2 aliphatic rings. The van der Waals surface area contributed by atoms with Crippen molar-refractivity contribution in [2.45, 2.75) is 51.4 Å². The third kappa shape index (κ3) is 4.92. The maximum absolute atomic E-state index is 12.6. The zero-order chi connectivity index (χ0) is 23.8. The molecule has 0 bridgehead atoms. The molecule has 1 fully saturated rings. The van der Waals surface area contributed by atoms with E-state index in [0.717, 1.165) is 37.1 Å². The van der Waals surface area contributed by atoms with Crippen LogP contribution in [0.2, 0.25) is 0 Å². The Labute approximate surface area is 190 Å². The van der Waals surface area contributed by atoms with Gasteiger partial charge in [0, 0.05) is 29.3 Å². The summed E-state index contributed by atoms with van der Waals surface area (Å²) < 4.78 is 40.8. The highest BCUT2D eigenvalue weighted by molar-refractivity contribution is 5.94. The first-order chi connectivity index (χ1) is 15.6. The molecule has 8 heteroatoms. The highest BCUT2D eigenvalue weighted by atomic mass is 19.4. The van der Waals surface area contributed by atoms with Crippen LogP contribution in [0.25, 0.3) is 0 Å². The third-order valence-corrected chi connectivity index (χ3v) is 6.79. The number of benzene rings is 2. The Bertz CT molecular complexity index is 1070. The summed E-state index contributed by atoms with van der Waals surface area (Å²) in [4.78, 5) is 12.6. The second kappa shape index (κ2) is 8.62. The van der Waals surface area contributed by atoms with Gasteiger partial charge in [0.25, 0.3) is 5.91 Å². The van der Waals surface area contributed by atoms with Crippen LogP contribution >= 0.6 is 0 Å². The monoisotopic (exact) mass is 457 g/mol. The van der Waals surface area contributed by atoms with Crippen molar-refractivity contribution in [2.75, 3.05) is 11.9 Å². The number of rotatable bonds is 5. The molecule has 33 heavy (non-hydrogen) atoms. The molecule has 3 atom stereocenters. The smallest absolute Gasteiger partial charge is 0.406 e. The summed E-state index contributed by atoms with van der Waals surface area (Å²) in [5.74, 6) is 0.0728. The number of hydrogen-bond donors (Lipinski definition) is 2. The van der Waals surface area contributed by atoms with Crippen LogP contribution in [0, 0.1) is 22.7 Å². The first-order valence-corrected chi connectivity index (χ1v) is 11.0. The van der Waals surface area contributed by atoms with E-state index in [1.807, 2.05) is 18.2 Å². The Hall–Kier alpha value is -3.21. The minimum atomic E-state index is -4.77. The molecule has 0 radical (unpaired) electrons. The number of nitrogens with zero attached hydrogens (tertiary/aromatic N) is 1. The van der Waals surface area contributed by atoms with Crippen molar-refractivity contribution in [3.63, 3.8) is 0 Å². The zero-order valence-electron chi connectivity index (χ0n) is 18.5. The zero-order valence-corrected chi connectivity index (χ0v) is 18.5. The molecule has 174 valence electrons. The second-order valence-corrected chi connectivity index (χ2v) is 9.48. The fraction of sp³-hybridized carbons (Fsp3) is 0.440. The van der Waals surface area contributed by atoms with Gasteiger partial charge in [-0.1, -0.05) is 20.3 Å². The molecule has 2 aromatic rings. The van der Waals surface area contributed by atoms with E-state index in [2.05, 4.69) is 35.3 Å². The highest BCUT2D eigenvalue weighted by Crippen LogP contribution is 2.51. The fourth-order valence-corrected chi connectivity index (χ4v) is 5.22. The van der Waals surface area contributed by atoms with Gasteiger partial charge in [-0.15, -0.1) is 13.2 Å². The SMILES string of the molecule is CC(C)(CNC(=O)c1ccc(OC(F)(F)F)cc1)C1Nc2ccc(C#N)cc2C2CCCC21. The van der Waals surface area contributed by atoms with Gasteiger partial charge in [-0.25, -0.2) is 0 Å². The lowest BCUT2D eigenvalue weighted by molar-refractivity contribution is -0.274. The van der Waals surface area contributed by atoms with Crippen molar-refractivity contribution >= 4 is 11.6 Å². The van der Waals surface area contributed by atoms with E-state index in [9.17, 15) is 23.2 Å². The van der Waals surface area contributed by atoms with E-state index in [1.54, 1.807) is 0 Å². The highest BCUT2D eigenvalue weighted by Gasteiger charge is 2.46. The van der Waals surface area contributed by atoms with Gasteiger partial charge in [0.1, 0.15) is 5.75 Å². The van der Waals surface area contributed by atoms with Crippen LogP contribution in [0.5, 0.6) is 5.75 Å². The van der Waals surface area contributed by atoms with Crippen LogP contribution in [0.3, 0.4) is 0 Å². The average molecular weight is 457 g/mol. The van der Waals surface area contributed by atoms with E-state index < -0.39 is 6.36 Å². The standard InChI is InChI=1S/C25H26F3N3O2/c1-24(2,14-30-23(32)16-7-9-17(10-8-16)33-25(26,27)28)22-19-5-3-4-18(19)20-12-15(13-29)6-11-21(20)31-22/h6-12,18-19,22,31H,3-5,14H2,1-2H3,(H,30,32). The summed E-state index contributed by atoms with van der Waals surface area (Å²) in [6, 6.07) is 13.0. The number of anilines is 1. The molecule has 0 aromatic heterocycles. The fourth-order valence-electron chi connectivity index (χ4n) is 5.22. The number of ether oxygens (including phenoxy) is 1. The van der Waals surface area contributed by atoms with Crippen molar-refractivity contribution < 1.29 is 22.7 Å². The lowest BCUT2D eigenvalue weighted by Gasteiger charge is -2.45. The first kappa shape index (κ1) is 23.0. The molecule has 0 saturated heterocycles. The summed E-state index contributed by atoms with van der Waals surface area (Å²) in [7, 11) is 0. The number of alkyl halides is 3. The van der Waals surface area contributed by atoms with Crippen molar-refractivity contribution in [3.05, 3.63) is 59.2 Å². The number of nitrogens with one attached hydrogen (secondary N) is 2. The predicted octanol–water partition coefficient (Wildman–Crippen LogP) is 5.59. The molecule has 1 amide bonds. The van der Waals surface area contributed by atoms with Crippen LogP contribution < -0.4 is 15.4 Å². The summed E-state index contributed by atoms with van der Waals surface area (Å²) in [6.45, 7) is 4.61. The van der Waals surface area contributed by atoms with E-state index in [1.165, 1.54) is 17.7 Å².